The minimum absolute atomic E-state index is 0.0292. The molecule has 0 spiro atoms. The predicted octanol–water partition coefficient (Wildman–Crippen LogP) is 1.02. The summed E-state index contributed by atoms with van der Waals surface area (Å²) in [5.41, 5.74) is 0.356. The Morgan fingerprint density at radius 1 is 0.833 bits per heavy atom. The van der Waals surface area contributed by atoms with E-state index >= 15 is 0 Å². The fourth-order valence-corrected chi connectivity index (χ4v) is 3.14. The molecule has 4 rings (SSSR count). The van der Waals surface area contributed by atoms with Gasteiger partial charge < -0.3 is 45.2 Å². The van der Waals surface area contributed by atoms with E-state index in [1.54, 1.807) is 0 Å². The number of hydrogen-bond donors (Lipinski definition) is 7. The van der Waals surface area contributed by atoms with Crippen molar-refractivity contribution in [2.24, 2.45) is 0 Å². The number of fused-ring (bicyclic) bond motifs is 1. The minimum Gasteiger partial charge on any atom is -0.507 e. The van der Waals surface area contributed by atoms with Crippen molar-refractivity contribution in [3.05, 3.63) is 36.4 Å². The molecule has 2 aromatic carbocycles. The number of benzene rings is 2. The summed E-state index contributed by atoms with van der Waals surface area (Å²) in [6.07, 6.45) is -5.55. The molecular formula is C20H19O10+. The summed E-state index contributed by atoms with van der Waals surface area (Å²) >= 11 is 0. The van der Waals surface area contributed by atoms with E-state index in [0.29, 0.717) is 0 Å². The van der Waals surface area contributed by atoms with Gasteiger partial charge in [0, 0.05) is 18.2 Å². The fraction of sp³-hybridized carbons (Fsp3) is 0.250. The average molecular weight is 419 g/mol. The van der Waals surface area contributed by atoms with Gasteiger partial charge in [-0.25, -0.2) is 4.42 Å². The summed E-state index contributed by atoms with van der Waals surface area (Å²) in [6.45, 7) is -0.255. The van der Waals surface area contributed by atoms with E-state index in [2.05, 4.69) is 0 Å². The third kappa shape index (κ3) is 3.53. The fourth-order valence-electron chi connectivity index (χ4n) is 3.14. The molecule has 0 amide bonds. The molecule has 1 aliphatic rings. The zero-order chi connectivity index (χ0) is 21.6. The third-order valence-corrected chi connectivity index (χ3v) is 4.76. The highest BCUT2D eigenvalue weighted by Crippen LogP contribution is 2.40. The number of phenolic OH excluding ortho intramolecular Hbond substituents is 3. The molecular weight excluding hydrogens is 400 g/mol. The van der Waals surface area contributed by atoms with Crippen LogP contribution in [0, 0.1) is 0 Å². The lowest BCUT2D eigenvalue weighted by Gasteiger charge is -2.34. The quantitative estimate of drug-likeness (QED) is 0.240. The van der Waals surface area contributed by atoms with Gasteiger partial charge in [0.05, 0.1) is 18.2 Å². The second-order valence-corrected chi connectivity index (χ2v) is 6.89. The maximum atomic E-state index is 10.3. The molecule has 7 N–H and O–H groups in total. The number of hydrogen-bond acceptors (Lipinski definition) is 9. The number of rotatable bonds is 3. The largest absolute Gasteiger partial charge is 0.507 e. The Morgan fingerprint density at radius 3 is 2.33 bits per heavy atom. The molecule has 158 valence electrons. The molecule has 4 atom stereocenters. The summed E-state index contributed by atoms with van der Waals surface area (Å²) in [5.74, 6) is -1.38. The summed E-state index contributed by atoms with van der Waals surface area (Å²) in [6, 6.07) is 7.66. The maximum Gasteiger partial charge on any atom is 0.402 e. The van der Waals surface area contributed by atoms with Crippen LogP contribution in [0.5, 0.6) is 28.7 Å². The number of ether oxygens (including phenoxy) is 2. The Labute approximate surface area is 169 Å². The Hall–Kier alpha value is -3.31. The van der Waals surface area contributed by atoms with Gasteiger partial charge in [-0.1, -0.05) is 0 Å². The van der Waals surface area contributed by atoms with Crippen LogP contribution in [0.2, 0.25) is 0 Å². The molecule has 30 heavy (non-hydrogen) atoms. The zero-order valence-electron chi connectivity index (χ0n) is 15.3. The molecule has 10 nitrogen and oxygen atoms in total. The van der Waals surface area contributed by atoms with Gasteiger partial charge in [0.2, 0.25) is 12.0 Å². The molecule has 0 aliphatic carbocycles. The number of aliphatic hydroxyl groups excluding tert-OH is 3. The first kappa shape index (κ1) is 20.0. The maximum absolute atomic E-state index is 10.3. The van der Waals surface area contributed by atoms with Crippen molar-refractivity contribution in [2.75, 3.05) is 6.61 Å². The van der Waals surface area contributed by atoms with Crippen LogP contribution in [-0.4, -0.2) is 67.0 Å². The molecule has 1 aliphatic heterocycles. The van der Waals surface area contributed by atoms with Crippen LogP contribution in [0.1, 0.15) is 0 Å². The summed E-state index contributed by atoms with van der Waals surface area (Å²) < 4.78 is 16.3. The van der Waals surface area contributed by atoms with Crippen molar-refractivity contribution in [1.29, 1.82) is 0 Å². The van der Waals surface area contributed by atoms with Crippen LogP contribution in [0.3, 0.4) is 0 Å². The molecule has 0 bridgehead atoms. The van der Waals surface area contributed by atoms with Gasteiger partial charge in [0.25, 0.3) is 0 Å². The summed E-state index contributed by atoms with van der Waals surface area (Å²) in [7, 11) is 0. The average Bonchev–Trinajstić information content (AvgIpc) is 2.71. The normalized spacial score (nSPS) is 24.1. The van der Waals surface area contributed by atoms with Crippen molar-refractivity contribution in [1.82, 2.24) is 0 Å². The molecule has 2 heterocycles. The van der Waals surface area contributed by atoms with Gasteiger partial charge in [0.15, 0.2) is 11.5 Å². The number of aromatic hydroxyl groups is 4. The van der Waals surface area contributed by atoms with Crippen molar-refractivity contribution in [3.63, 3.8) is 0 Å². The predicted molar refractivity (Wildman–Crippen MR) is 101 cm³/mol. The van der Waals surface area contributed by atoms with Crippen LogP contribution >= 0.6 is 0 Å². The second kappa shape index (κ2) is 7.50. The molecule has 1 aromatic heterocycles. The first-order valence-electron chi connectivity index (χ1n) is 8.92. The Bertz CT molecular complexity index is 1100. The Kier molecular flexibility index (Phi) is 5.00. The van der Waals surface area contributed by atoms with Gasteiger partial charge in [-0.15, -0.1) is 0 Å². The van der Waals surface area contributed by atoms with Crippen LogP contribution < -0.4 is 4.74 Å². The van der Waals surface area contributed by atoms with E-state index in [9.17, 15) is 35.7 Å². The molecule has 4 unspecified atom stereocenters. The van der Waals surface area contributed by atoms with E-state index in [1.807, 2.05) is 0 Å². The van der Waals surface area contributed by atoms with E-state index in [1.165, 1.54) is 36.4 Å². The summed E-state index contributed by atoms with van der Waals surface area (Å²) in [4.78, 5) is 0. The lowest BCUT2D eigenvalue weighted by molar-refractivity contribution is -0.242. The smallest absolute Gasteiger partial charge is 0.402 e. The molecule has 1 saturated heterocycles. The van der Waals surface area contributed by atoms with Crippen LogP contribution in [0.15, 0.2) is 40.8 Å². The van der Waals surface area contributed by atoms with Crippen LogP contribution in [-0.2, 0) is 4.74 Å². The van der Waals surface area contributed by atoms with Gasteiger partial charge in [0.1, 0.15) is 35.2 Å². The Morgan fingerprint density at radius 2 is 1.60 bits per heavy atom. The van der Waals surface area contributed by atoms with Crippen molar-refractivity contribution in [3.8, 4) is 40.1 Å². The standard InChI is InChI=1S/C20H18O10/c21-11-2-1-8(3-13(11)23)19-14(24)6-10-12(22)4-9(5-16(10)30-19)29-20-18(27)17(26)15(25)7-28-20/h1-6,15,17-18,20,25-27H,7H2,(H3-,21,22,23,24)/p+1. The van der Waals surface area contributed by atoms with Gasteiger partial charge in [-0.05, 0) is 12.1 Å². The van der Waals surface area contributed by atoms with Gasteiger partial charge in [-0.2, -0.15) is 0 Å². The molecule has 0 saturated carbocycles. The number of phenols is 3. The lowest BCUT2D eigenvalue weighted by atomic mass is 10.1. The Balaban J connectivity index is 1.71. The van der Waals surface area contributed by atoms with Gasteiger partial charge >= 0.3 is 11.3 Å². The SMILES string of the molecule is Oc1ccc(-c2[o+]c3cc(OC4OCC(O)C(O)C4O)cc(O)c3cc2O)cc1O. The molecule has 0 radical (unpaired) electrons. The zero-order valence-corrected chi connectivity index (χ0v) is 15.3. The summed E-state index contributed by atoms with van der Waals surface area (Å²) in [5, 5.41) is 69.2. The van der Waals surface area contributed by atoms with Crippen LogP contribution in [0.4, 0.5) is 0 Å². The highest BCUT2D eigenvalue weighted by molar-refractivity contribution is 5.88. The molecule has 3 aromatic rings. The highest BCUT2D eigenvalue weighted by Gasteiger charge is 2.39. The molecule has 10 heteroatoms. The van der Waals surface area contributed by atoms with E-state index in [-0.39, 0.29) is 51.9 Å². The number of aliphatic hydroxyl groups is 3. The van der Waals surface area contributed by atoms with Crippen molar-refractivity contribution in [2.45, 2.75) is 24.6 Å². The van der Waals surface area contributed by atoms with Crippen molar-refractivity contribution < 1.29 is 49.6 Å². The lowest BCUT2D eigenvalue weighted by Crippen LogP contribution is -2.54. The second-order valence-electron chi connectivity index (χ2n) is 6.89. The topological polar surface area (TPSA) is 171 Å². The van der Waals surface area contributed by atoms with E-state index in [0.717, 1.165) is 0 Å². The van der Waals surface area contributed by atoms with Crippen molar-refractivity contribution >= 4 is 11.0 Å². The first-order chi connectivity index (χ1) is 14.2. The molecule has 1 fully saturated rings. The third-order valence-electron chi connectivity index (χ3n) is 4.76. The monoisotopic (exact) mass is 419 g/mol. The highest BCUT2D eigenvalue weighted by atomic mass is 16.7. The van der Waals surface area contributed by atoms with E-state index in [4.69, 9.17) is 13.9 Å². The first-order valence-corrected chi connectivity index (χ1v) is 8.92. The van der Waals surface area contributed by atoms with E-state index < -0.39 is 30.4 Å². The van der Waals surface area contributed by atoms with Gasteiger partial charge in [-0.3, -0.25) is 0 Å². The minimum atomic E-state index is -1.53. The van der Waals surface area contributed by atoms with Crippen LogP contribution in [0.25, 0.3) is 22.3 Å².